The minimum Gasteiger partial charge on any atom is -0.497 e. The quantitative estimate of drug-likeness (QED) is 0.579. The van der Waals surface area contributed by atoms with Crippen LogP contribution in [0.3, 0.4) is 0 Å². The van der Waals surface area contributed by atoms with Crippen molar-refractivity contribution < 1.29 is 4.74 Å². The number of fused-ring (bicyclic) bond motifs is 1. The molecule has 0 amide bonds. The van der Waals surface area contributed by atoms with E-state index in [-0.39, 0.29) is 0 Å². The molecule has 0 saturated carbocycles. The lowest BCUT2D eigenvalue weighted by atomic mass is 9.98. The first-order valence-corrected chi connectivity index (χ1v) is 12.7. The topological polar surface area (TPSA) is 9.23 Å². The molecular formula is C26H30OSi. The molecule has 28 heavy (non-hydrogen) atoms. The van der Waals surface area contributed by atoms with Gasteiger partial charge in [-0.2, -0.15) is 0 Å². The van der Waals surface area contributed by atoms with Gasteiger partial charge in [0.1, 0.15) is 13.8 Å². The highest BCUT2D eigenvalue weighted by Crippen LogP contribution is 2.47. The third kappa shape index (κ3) is 2.58. The molecular weight excluding hydrogens is 356 g/mol. The van der Waals surface area contributed by atoms with Crippen molar-refractivity contribution in [3.05, 3.63) is 93.4 Å². The van der Waals surface area contributed by atoms with Crippen LogP contribution in [-0.4, -0.2) is 15.2 Å². The summed E-state index contributed by atoms with van der Waals surface area (Å²) in [5.41, 5.74) is 5.95. The van der Waals surface area contributed by atoms with Gasteiger partial charge in [-0.15, -0.1) is 0 Å². The second-order valence-corrected chi connectivity index (χ2v) is 12.3. The Labute approximate surface area is 170 Å². The molecule has 3 atom stereocenters. The van der Waals surface area contributed by atoms with Crippen molar-refractivity contribution in [2.75, 3.05) is 7.11 Å². The van der Waals surface area contributed by atoms with Gasteiger partial charge in [0.15, 0.2) is 0 Å². The molecule has 0 aromatic heterocycles. The number of hydrogen-bond donors (Lipinski definition) is 0. The Bertz CT molecular complexity index is 1010. The molecule has 0 spiro atoms. The minimum atomic E-state index is -2.22. The number of rotatable bonds is 4. The van der Waals surface area contributed by atoms with Crippen LogP contribution >= 0.6 is 0 Å². The summed E-state index contributed by atoms with van der Waals surface area (Å²) < 4.78 is 5.89. The largest absolute Gasteiger partial charge is 0.497 e. The molecule has 3 aliphatic rings. The van der Waals surface area contributed by atoms with E-state index in [4.69, 9.17) is 4.74 Å². The van der Waals surface area contributed by atoms with Crippen LogP contribution in [0.15, 0.2) is 93.4 Å². The molecule has 144 valence electrons. The Kier molecular flexibility index (Phi) is 4.71. The lowest BCUT2D eigenvalue weighted by Crippen LogP contribution is -2.51. The first kappa shape index (κ1) is 19.0. The number of benzene rings is 1. The van der Waals surface area contributed by atoms with Gasteiger partial charge < -0.3 is 4.74 Å². The van der Waals surface area contributed by atoms with Crippen LogP contribution in [0.4, 0.5) is 0 Å². The fourth-order valence-corrected chi connectivity index (χ4v) is 10.7. The van der Waals surface area contributed by atoms with E-state index in [1.54, 1.807) is 12.3 Å². The van der Waals surface area contributed by atoms with E-state index in [0.717, 1.165) is 5.75 Å². The molecule has 0 radical (unpaired) electrons. The summed E-state index contributed by atoms with van der Waals surface area (Å²) in [7, 11) is -0.421. The summed E-state index contributed by atoms with van der Waals surface area (Å²) in [6.07, 6.45) is 13.8. The van der Waals surface area contributed by atoms with Crippen LogP contribution in [0, 0.1) is 11.8 Å². The standard InChI is InChI=1S/C26H30OSi/c1-17-18(2)20(4)26(19(17)3)28(6,25-14-10-9-13-23(25)27-5)24-16-15-21-11-7-8-12-22(21)24/h7-16,19,21H,1-6H3. The van der Waals surface area contributed by atoms with E-state index >= 15 is 0 Å². The first-order chi connectivity index (χ1) is 13.4. The molecule has 0 aliphatic heterocycles. The van der Waals surface area contributed by atoms with Gasteiger partial charge in [-0.25, -0.2) is 0 Å². The number of para-hydroxylation sites is 1. The maximum Gasteiger partial charge on any atom is 0.147 e. The monoisotopic (exact) mass is 386 g/mol. The Morgan fingerprint density at radius 3 is 2.36 bits per heavy atom. The summed E-state index contributed by atoms with van der Waals surface area (Å²) in [5.74, 6) is 1.91. The van der Waals surface area contributed by atoms with Crippen molar-refractivity contribution in [2.45, 2.75) is 34.2 Å². The summed E-state index contributed by atoms with van der Waals surface area (Å²) >= 11 is 0. The third-order valence-electron chi connectivity index (χ3n) is 7.21. The zero-order valence-corrected chi connectivity index (χ0v) is 18.8. The molecule has 3 unspecified atom stereocenters. The summed E-state index contributed by atoms with van der Waals surface area (Å²) in [5, 5.41) is 4.56. The molecule has 0 saturated heterocycles. The number of hydrogen-bond acceptors (Lipinski definition) is 1. The maximum atomic E-state index is 5.89. The Morgan fingerprint density at radius 2 is 1.68 bits per heavy atom. The molecule has 0 N–H and O–H groups in total. The number of allylic oxidation sites excluding steroid dienone is 12. The van der Waals surface area contributed by atoms with Crippen molar-refractivity contribution in [1.82, 2.24) is 0 Å². The average Bonchev–Trinajstić information content (AvgIpc) is 3.24. The molecule has 1 nitrogen and oxygen atoms in total. The van der Waals surface area contributed by atoms with Gasteiger partial charge in [0.05, 0.1) is 7.11 Å². The van der Waals surface area contributed by atoms with Gasteiger partial charge in [-0.3, -0.25) is 0 Å². The van der Waals surface area contributed by atoms with Crippen molar-refractivity contribution in [2.24, 2.45) is 11.8 Å². The predicted molar refractivity (Wildman–Crippen MR) is 122 cm³/mol. The van der Waals surface area contributed by atoms with Crippen molar-refractivity contribution in [1.29, 1.82) is 0 Å². The molecule has 4 rings (SSSR count). The van der Waals surface area contributed by atoms with E-state index < -0.39 is 8.07 Å². The summed E-state index contributed by atoms with van der Waals surface area (Å²) in [6.45, 7) is 11.9. The maximum absolute atomic E-state index is 5.89. The number of methoxy groups -OCH3 is 1. The van der Waals surface area contributed by atoms with Crippen molar-refractivity contribution in [3.8, 4) is 5.75 Å². The third-order valence-corrected chi connectivity index (χ3v) is 12.1. The van der Waals surface area contributed by atoms with Gasteiger partial charge in [0, 0.05) is 5.92 Å². The van der Waals surface area contributed by atoms with Crippen LogP contribution in [0.2, 0.25) is 6.55 Å². The van der Waals surface area contributed by atoms with Gasteiger partial charge in [-0.1, -0.05) is 84.5 Å². The molecule has 0 heterocycles. The van der Waals surface area contributed by atoms with Gasteiger partial charge >= 0.3 is 0 Å². The normalized spacial score (nSPS) is 25.6. The van der Waals surface area contributed by atoms with Gasteiger partial charge in [0.25, 0.3) is 0 Å². The van der Waals surface area contributed by atoms with E-state index in [2.05, 4.69) is 95.0 Å². The second kappa shape index (κ2) is 6.93. The van der Waals surface area contributed by atoms with Gasteiger partial charge in [-0.05, 0) is 54.3 Å². The predicted octanol–water partition coefficient (Wildman–Crippen LogP) is 5.97. The average molecular weight is 387 g/mol. The molecule has 2 heteroatoms. The highest BCUT2D eigenvalue weighted by Gasteiger charge is 2.46. The Balaban J connectivity index is 2.03. The molecule has 0 fully saturated rings. The lowest BCUT2D eigenvalue weighted by Gasteiger charge is -2.36. The highest BCUT2D eigenvalue weighted by molar-refractivity contribution is 7.03. The van der Waals surface area contributed by atoms with E-state index in [1.807, 2.05) is 0 Å². The van der Waals surface area contributed by atoms with E-state index in [9.17, 15) is 0 Å². The van der Waals surface area contributed by atoms with Crippen molar-refractivity contribution in [3.63, 3.8) is 0 Å². The lowest BCUT2D eigenvalue weighted by molar-refractivity contribution is 0.418. The zero-order chi connectivity index (χ0) is 20.1. The smallest absolute Gasteiger partial charge is 0.147 e. The highest BCUT2D eigenvalue weighted by atomic mass is 28.3. The molecule has 3 aliphatic carbocycles. The number of ether oxygens (including phenoxy) is 1. The zero-order valence-electron chi connectivity index (χ0n) is 17.8. The van der Waals surface area contributed by atoms with E-state index in [0.29, 0.717) is 11.8 Å². The molecule has 1 aromatic rings. The van der Waals surface area contributed by atoms with Crippen LogP contribution < -0.4 is 9.92 Å². The van der Waals surface area contributed by atoms with Crippen LogP contribution in [0.1, 0.15) is 27.7 Å². The van der Waals surface area contributed by atoms with E-state index in [1.165, 1.54) is 32.7 Å². The molecule has 1 aromatic carbocycles. The SMILES string of the molecule is COc1ccccc1[Si](C)(C1=C2C=CC=CC2C=C1)C1=C(C)C(C)=C(C)C1C. The first-order valence-electron chi connectivity index (χ1n) is 10.2. The molecule has 0 bridgehead atoms. The van der Waals surface area contributed by atoms with Crippen molar-refractivity contribution >= 4 is 13.3 Å². The summed E-state index contributed by atoms with van der Waals surface area (Å²) in [6, 6.07) is 8.68. The van der Waals surface area contributed by atoms with Crippen LogP contribution in [0.5, 0.6) is 5.75 Å². The summed E-state index contributed by atoms with van der Waals surface area (Å²) in [4.78, 5) is 0. The van der Waals surface area contributed by atoms with Gasteiger partial charge in [0.2, 0.25) is 0 Å². The fraction of sp³-hybridized carbons (Fsp3) is 0.308. The Hall–Kier alpha value is -2.32. The van der Waals surface area contributed by atoms with Crippen LogP contribution in [0.25, 0.3) is 0 Å². The fourth-order valence-electron chi connectivity index (χ4n) is 5.41. The Morgan fingerprint density at radius 1 is 0.929 bits per heavy atom. The minimum absolute atomic E-state index is 0.411. The second-order valence-electron chi connectivity index (χ2n) is 8.39. The van der Waals surface area contributed by atoms with Crippen LogP contribution in [-0.2, 0) is 0 Å².